The number of fused-ring (bicyclic) bond motifs is 1. The number of anilines is 1. The summed E-state index contributed by atoms with van der Waals surface area (Å²) in [7, 11) is 0. The second kappa shape index (κ2) is 7.11. The number of hydrogen-bond donors (Lipinski definition) is 0. The highest BCUT2D eigenvalue weighted by Gasteiger charge is 2.16. The van der Waals surface area contributed by atoms with E-state index in [1.807, 2.05) is 54.5 Å². The van der Waals surface area contributed by atoms with Crippen LogP contribution in [-0.4, -0.2) is 42.6 Å². The van der Waals surface area contributed by atoms with Crippen molar-refractivity contribution in [2.45, 2.75) is 20.8 Å². The minimum atomic E-state index is 0.727. The van der Waals surface area contributed by atoms with Gasteiger partial charge in [-0.15, -0.1) is 0 Å². The number of rotatable bonds is 5. The Bertz CT molecular complexity index is 1050. The Hall–Kier alpha value is -3.35. The maximum atomic E-state index is 4.80. The van der Waals surface area contributed by atoms with E-state index in [9.17, 15) is 0 Å². The maximum Gasteiger partial charge on any atom is 0.225 e. The standard InChI is InChI=1S/C20H21N7/c1-4-26(5-2)20-23-10-15(11-24-20)19-25-17-8-9-21-13-18(17)27(19)16-7-6-14(3)22-12-16/h6-13H,4-5H2,1-3H3. The molecule has 0 bridgehead atoms. The molecule has 4 aromatic heterocycles. The molecule has 0 saturated carbocycles. The Morgan fingerprint density at radius 1 is 0.926 bits per heavy atom. The molecule has 0 saturated heterocycles. The van der Waals surface area contributed by atoms with Crippen molar-refractivity contribution < 1.29 is 0 Å². The number of aryl methyl sites for hydroxylation is 1. The zero-order valence-corrected chi connectivity index (χ0v) is 15.7. The molecule has 0 unspecified atom stereocenters. The molecule has 0 radical (unpaired) electrons. The largest absolute Gasteiger partial charge is 0.341 e. The van der Waals surface area contributed by atoms with Crippen LogP contribution >= 0.6 is 0 Å². The van der Waals surface area contributed by atoms with Crippen molar-refractivity contribution >= 4 is 17.0 Å². The van der Waals surface area contributed by atoms with E-state index in [1.54, 1.807) is 6.20 Å². The topological polar surface area (TPSA) is 72.6 Å². The Labute approximate surface area is 157 Å². The Kier molecular flexibility index (Phi) is 4.50. The number of pyridine rings is 2. The number of nitrogens with zero attached hydrogens (tertiary/aromatic N) is 7. The fourth-order valence-corrected chi connectivity index (χ4v) is 3.08. The zero-order valence-electron chi connectivity index (χ0n) is 15.7. The van der Waals surface area contributed by atoms with Crippen LogP contribution < -0.4 is 4.90 Å². The zero-order chi connectivity index (χ0) is 18.8. The monoisotopic (exact) mass is 359 g/mol. The predicted molar refractivity (Wildman–Crippen MR) is 106 cm³/mol. The van der Waals surface area contributed by atoms with Crippen LogP contribution in [0.15, 0.2) is 49.2 Å². The average molecular weight is 359 g/mol. The summed E-state index contributed by atoms with van der Waals surface area (Å²) >= 11 is 0. The van der Waals surface area contributed by atoms with Crippen molar-refractivity contribution in [1.29, 1.82) is 0 Å². The Balaban J connectivity index is 1.86. The van der Waals surface area contributed by atoms with Crippen LogP contribution in [0, 0.1) is 6.92 Å². The first-order valence-electron chi connectivity index (χ1n) is 9.04. The third kappa shape index (κ3) is 3.12. The lowest BCUT2D eigenvalue weighted by molar-refractivity contribution is 0.821. The van der Waals surface area contributed by atoms with Crippen LogP contribution in [0.3, 0.4) is 0 Å². The van der Waals surface area contributed by atoms with Gasteiger partial charge in [0.1, 0.15) is 5.82 Å². The van der Waals surface area contributed by atoms with E-state index in [0.717, 1.165) is 52.8 Å². The molecule has 0 spiro atoms. The summed E-state index contributed by atoms with van der Waals surface area (Å²) in [6, 6.07) is 5.93. The second-order valence-corrected chi connectivity index (χ2v) is 6.24. The fraction of sp³-hybridized carbons (Fsp3) is 0.250. The van der Waals surface area contributed by atoms with E-state index in [2.05, 4.69) is 38.7 Å². The first-order chi connectivity index (χ1) is 13.2. The van der Waals surface area contributed by atoms with Gasteiger partial charge >= 0.3 is 0 Å². The van der Waals surface area contributed by atoms with E-state index in [-0.39, 0.29) is 0 Å². The van der Waals surface area contributed by atoms with Crippen molar-refractivity contribution in [3.63, 3.8) is 0 Å². The molecule has 136 valence electrons. The lowest BCUT2D eigenvalue weighted by atomic mass is 10.3. The predicted octanol–water partition coefficient (Wildman–Crippen LogP) is 3.43. The van der Waals surface area contributed by atoms with Gasteiger partial charge in [-0.1, -0.05) is 0 Å². The smallest absolute Gasteiger partial charge is 0.225 e. The molecule has 4 rings (SSSR count). The molecule has 27 heavy (non-hydrogen) atoms. The highest BCUT2D eigenvalue weighted by molar-refractivity contribution is 5.82. The van der Waals surface area contributed by atoms with E-state index < -0.39 is 0 Å². The van der Waals surface area contributed by atoms with Gasteiger partial charge in [0.2, 0.25) is 5.95 Å². The van der Waals surface area contributed by atoms with E-state index in [4.69, 9.17) is 4.98 Å². The van der Waals surface area contributed by atoms with Crippen LogP contribution in [-0.2, 0) is 0 Å². The molecule has 0 aliphatic heterocycles. The van der Waals surface area contributed by atoms with Crippen molar-refractivity contribution in [1.82, 2.24) is 29.5 Å². The fourth-order valence-electron chi connectivity index (χ4n) is 3.08. The third-order valence-electron chi connectivity index (χ3n) is 4.55. The Morgan fingerprint density at radius 2 is 1.70 bits per heavy atom. The minimum absolute atomic E-state index is 0.727. The number of imidazole rings is 1. The van der Waals surface area contributed by atoms with E-state index in [1.165, 1.54) is 0 Å². The summed E-state index contributed by atoms with van der Waals surface area (Å²) in [5.41, 5.74) is 4.54. The van der Waals surface area contributed by atoms with Crippen LogP contribution in [0.5, 0.6) is 0 Å². The Morgan fingerprint density at radius 3 is 2.37 bits per heavy atom. The molecule has 0 N–H and O–H groups in total. The second-order valence-electron chi connectivity index (χ2n) is 6.24. The summed E-state index contributed by atoms with van der Waals surface area (Å²) < 4.78 is 2.05. The molecule has 7 heteroatoms. The summed E-state index contributed by atoms with van der Waals surface area (Å²) in [6.45, 7) is 7.90. The highest BCUT2D eigenvalue weighted by atomic mass is 15.2. The maximum absolute atomic E-state index is 4.80. The third-order valence-corrected chi connectivity index (χ3v) is 4.55. The molecule has 0 fully saturated rings. The molecule has 4 aromatic rings. The lowest BCUT2D eigenvalue weighted by Crippen LogP contribution is -2.24. The molecule has 7 nitrogen and oxygen atoms in total. The molecule has 4 heterocycles. The van der Waals surface area contributed by atoms with Crippen molar-refractivity contribution in [3.05, 3.63) is 54.9 Å². The lowest BCUT2D eigenvalue weighted by Gasteiger charge is -2.18. The van der Waals surface area contributed by atoms with Crippen molar-refractivity contribution in [2.24, 2.45) is 0 Å². The SMILES string of the molecule is CCN(CC)c1ncc(-c2nc3ccncc3n2-c2ccc(C)nc2)cn1. The van der Waals surface area contributed by atoms with Gasteiger partial charge in [-0.05, 0) is 39.0 Å². The molecule has 0 amide bonds. The summed E-state index contributed by atoms with van der Waals surface area (Å²) in [5.74, 6) is 1.50. The van der Waals surface area contributed by atoms with Crippen molar-refractivity contribution in [2.75, 3.05) is 18.0 Å². The van der Waals surface area contributed by atoms with Crippen molar-refractivity contribution in [3.8, 4) is 17.1 Å². The summed E-state index contributed by atoms with van der Waals surface area (Å²) in [6.07, 6.45) is 9.06. The van der Waals surface area contributed by atoms with Crippen LogP contribution in [0.2, 0.25) is 0 Å². The minimum Gasteiger partial charge on any atom is -0.341 e. The highest BCUT2D eigenvalue weighted by Crippen LogP contribution is 2.27. The number of aromatic nitrogens is 6. The molecular weight excluding hydrogens is 338 g/mol. The summed E-state index contributed by atoms with van der Waals surface area (Å²) in [5, 5.41) is 0. The molecule has 0 aromatic carbocycles. The van der Waals surface area contributed by atoms with Gasteiger partial charge in [-0.25, -0.2) is 15.0 Å². The van der Waals surface area contributed by atoms with Crippen LogP contribution in [0.1, 0.15) is 19.5 Å². The van der Waals surface area contributed by atoms with Gasteiger partial charge in [-0.2, -0.15) is 0 Å². The summed E-state index contributed by atoms with van der Waals surface area (Å²) in [4.78, 5) is 24.7. The van der Waals surface area contributed by atoms with Gasteiger partial charge in [-0.3, -0.25) is 14.5 Å². The molecular formula is C20H21N7. The molecule has 0 aliphatic rings. The van der Waals surface area contributed by atoms with Gasteiger partial charge in [0.15, 0.2) is 0 Å². The molecule has 0 aliphatic carbocycles. The average Bonchev–Trinajstić information content (AvgIpc) is 3.10. The quantitative estimate of drug-likeness (QED) is 0.544. The van der Waals surface area contributed by atoms with Crippen LogP contribution in [0.25, 0.3) is 28.1 Å². The van der Waals surface area contributed by atoms with E-state index in [0.29, 0.717) is 0 Å². The van der Waals surface area contributed by atoms with Crippen LogP contribution in [0.4, 0.5) is 5.95 Å². The first-order valence-corrected chi connectivity index (χ1v) is 9.04. The first kappa shape index (κ1) is 17.1. The van der Waals surface area contributed by atoms with Gasteiger partial charge in [0, 0.05) is 37.4 Å². The van der Waals surface area contributed by atoms with Gasteiger partial charge in [0.05, 0.1) is 34.7 Å². The van der Waals surface area contributed by atoms with E-state index >= 15 is 0 Å². The van der Waals surface area contributed by atoms with Gasteiger partial charge in [0.25, 0.3) is 0 Å². The van der Waals surface area contributed by atoms with Gasteiger partial charge < -0.3 is 4.90 Å². The normalized spacial score (nSPS) is 11.1. The number of hydrogen-bond acceptors (Lipinski definition) is 6. The molecule has 0 atom stereocenters.